The Morgan fingerprint density at radius 1 is 1.05 bits per heavy atom. The van der Waals surface area contributed by atoms with E-state index in [0.717, 1.165) is 5.56 Å². The van der Waals surface area contributed by atoms with E-state index in [0.29, 0.717) is 18.7 Å². The van der Waals surface area contributed by atoms with E-state index in [1.807, 2.05) is 0 Å². The van der Waals surface area contributed by atoms with Crippen LogP contribution < -0.4 is 5.32 Å². The largest absolute Gasteiger partial charge is 0.508 e. The molecule has 0 bridgehead atoms. The minimum Gasteiger partial charge on any atom is -0.508 e. The maximum absolute atomic E-state index is 13.0. The number of hydrogen-bond donors (Lipinski definition) is 3. The monoisotopic (exact) mass is 281 g/mol. The van der Waals surface area contributed by atoms with Gasteiger partial charge in [-0.3, -0.25) is 0 Å². The normalized spacial score (nSPS) is 10.6. The van der Waals surface area contributed by atoms with Crippen molar-refractivity contribution < 1.29 is 14.6 Å². The molecule has 0 unspecified atom stereocenters. The Labute approximate surface area is 115 Å². The predicted molar refractivity (Wildman–Crippen MR) is 71.7 cm³/mol. The molecule has 0 aliphatic rings. The van der Waals surface area contributed by atoms with Crippen LogP contribution in [0.1, 0.15) is 11.1 Å². The average molecular weight is 282 g/mol. The van der Waals surface area contributed by atoms with Gasteiger partial charge < -0.3 is 15.5 Å². The van der Waals surface area contributed by atoms with E-state index in [9.17, 15) is 9.50 Å². The zero-order valence-electron chi connectivity index (χ0n) is 10.0. The number of nitrogens with one attached hydrogen (secondary N) is 1. The summed E-state index contributed by atoms with van der Waals surface area (Å²) in [4.78, 5) is 0. The molecule has 0 aliphatic heterocycles. The molecule has 3 nitrogen and oxygen atoms in total. The predicted octanol–water partition coefficient (Wildman–Crippen LogP) is 3.18. The summed E-state index contributed by atoms with van der Waals surface area (Å²) in [5, 5.41) is 22.0. The van der Waals surface area contributed by atoms with Crippen LogP contribution in [0.25, 0.3) is 0 Å². The number of rotatable bonds is 4. The molecule has 3 N–H and O–H groups in total. The van der Waals surface area contributed by atoms with Gasteiger partial charge in [-0.1, -0.05) is 23.7 Å². The summed E-state index contributed by atoms with van der Waals surface area (Å²) in [5.41, 5.74) is 1.52. The Kier molecular flexibility index (Phi) is 4.24. The molecule has 0 aliphatic carbocycles. The molecule has 0 spiro atoms. The van der Waals surface area contributed by atoms with E-state index in [-0.39, 0.29) is 16.5 Å². The van der Waals surface area contributed by atoms with Crippen molar-refractivity contribution in [2.75, 3.05) is 0 Å². The highest BCUT2D eigenvalue weighted by Crippen LogP contribution is 2.22. The second-order valence-corrected chi connectivity index (χ2v) is 4.57. The van der Waals surface area contributed by atoms with Crippen LogP contribution in [-0.4, -0.2) is 10.2 Å². The summed E-state index contributed by atoms with van der Waals surface area (Å²) in [6.07, 6.45) is 0. The third kappa shape index (κ3) is 3.59. The van der Waals surface area contributed by atoms with E-state index >= 15 is 0 Å². The first-order valence-electron chi connectivity index (χ1n) is 5.72. The number of phenolic OH excluding ortho intramolecular Hbond substituents is 2. The van der Waals surface area contributed by atoms with Gasteiger partial charge in [0.25, 0.3) is 0 Å². The van der Waals surface area contributed by atoms with Gasteiger partial charge in [-0.2, -0.15) is 0 Å². The van der Waals surface area contributed by atoms with Crippen LogP contribution in [0, 0.1) is 5.82 Å². The van der Waals surface area contributed by atoms with Gasteiger partial charge in [-0.05, 0) is 23.8 Å². The lowest BCUT2D eigenvalue weighted by Crippen LogP contribution is -2.12. The Morgan fingerprint density at radius 2 is 1.84 bits per heavy atom. The molecule has 0 atom stereocenters. The lowest BCUT2D eigenvalue weighted by molar-refractivity contribution is 0.443. The number of aromatic hydroxyl groups is 2. The molecule has 0 fully saturated rings. The van der Waals surface area contributed by atoms with Crippen molar-refractivity contribution in [1.82, 2.24) is 5.32 Å². The Bertz CT molecular complexity index is 590. The molecule has 5 heteroatoms. The van der Waals surface area contributed by atoms with Gasteiger partial charge in [-0.25, -0.2) is 4.39 Å². The number of benzene rings is 2. The molecule has 0 radical (unpaired) electrons. The van der Waals surface area contributed by atoms with Crippen molar-refractivity contribution in [3.05, 3.63) is 58.4 Å². The molecule has 2 rings (SSSR count). The number of phenols is 2. The number of hydrogen-bond acceptors (Lipinski definition) is 3. The van der Waals surface area contributed by atoms with Gasteiger partial charge in [0.15, 0.2) is 0 Å². The first-order valence-corrected chi connectivity index (χ1v) is 6.09. The van der Waals surface area contributed by atoms with Gasteiger partial charge in [0.2, 0.25) is 0 Å². The van der Waals surface area contributed by atoms with Crippen molar-refractivity contribution in [2.45, 2.75) is 13.1 Å². The van der Waals surface area contributed by atoms with Gasteiger partial charge in [-0.15, -0.1) is 0 Å². The molecule has 0 saturated carbocycles. The van der Waals surface area contributed by atoms with E-state index in [2.05, 4.69) is 5.32 Å². The molecule has 0 saturated heterocycles. The summed E-state index contributed by atoms with van der Waals surface area (Å²) in [6, 6.07) is 8.94. The third-order valence-electron chi connectivity index (χ3n) is 2.70. The van der Waals surface area contributed by atoms with Crippen LogP contribution in [0.2, 0.25) is 5.02 Å². The Morgan fingerprint density at radius 3 is 2.53 bits per heavy atom. The lowest BCUT2D eigenvalue weighted by atomic mass is 10.1. The fourth-order valence-corrected chi connectivity index (χ4v) is 1.90. The third-order valence-corrected chi connectivity index (χ3v) is 2.99. The second-order valence-electron chi connectivity index (χ2n) is 4.17. The molecular formula is C14H13ClFNO2. The maximum Gasteiger partial charge on any atom is 0.141 e. The highest BCUT2D eigenvalue weighted by Gasteiger charge is 2.03. The van der Waals surface area contributed by atoms with Crippen molar-refractivity contribution in [3.63, 3.8) is 0 Å². The van der Waals surface area contributed by atoms with Crippen LogP contribution >= 0.6 is 11.6 Å². The summed E-state index contributed by atoms with van der Waals surface area (Å²) in [5.74, 6) is -0.391. The van der Waals surface area contributed by atoms with Crippen molar-refractivity contribution in [3.8, 4) is 11.5 Å². The lowest BCUT2D eigenvalue weighted by Gasteiger charge is -2.08. The molecule has 100 valence electrons. The highest BCUT2D eigenvalue weighted by atomic mass is 35.5. The first-order chi connectivity index (χ1) is 9.06. The van der Waals surface area contributed by atoms with Crippen molar-refractivity contribution in [1.29, 1.82) is 0 Å². The minimum atomic E-state index is -0.443. The first kappa shape index (κ1) is 13.6. The molecule has 2 aromatic rings. The summed E-state index contributed by atoms with van der Waals surface area (Å²) in [7, 11) is 0. The van der Waals surface area contributed by atoms with Crippen LogP contribution in [0.15, 0.2) is 36.4 Å². The van der Waals surface area contributed by atoms with Gasteiger partial charge in [0, 0.05) is 24.7 Å². The zero-order chi connectivity index (χ0) is 13.8. The summed E-state index contributed by atoms with van der Waals surface area (Å²) < 4.78 is 13.0. The van der Waals surface area contributed by atoms with Gasteiger partial charge >= 0.3 is 0 Å². The van der Waals surface area contributed by atoms with Crippen LogP contribution in [-0.2, 0) is 13.1 Å². The Balaban J connectivity index is 1.94. The standard InChI is InChI=1S/C14H13ClFNO2/c15-12-5-9(1-4-13(12)16)7-17-8-10-2-3-11(18)6-14(10)19/h1-6,17-19H,7-8H2. The Hall–Kier alpha value is -1.78. The van der Waals surface area contributed by atoms with E-state index in [1.54, 1.807) is 18.2 Å². The molecular weight excluding hydrogens is 269 g/mol. The zero-order valence-corrected chi connectivity index (χ0v) is 10.8. The van der Waals surface area contributed by atoms with E-state index in [4.69, 9.17) is 16.7 Å². The number of halogens is 2. The average Bonchev–Trinajstić information content (AvgIpc) is 2.36. The smallest absolute Gasteiger partial charge is 0.141 e. The van der Waals surface area contributed by atoms with E-state index < -0.39 is 5.82 Å². The van der Waals surface area contributed by atoms with Crippen LogP contribution in [0.5, 0.6) is 11.5 Å². The highest BCUT2D eigenvalue weighted by molar-refractivity contribution is 6.30. The summed E-state index contributed by atoms with van der Waals surface area (Å²) in [6.45, 7) is 0.932. The van der Waals surface area contributed by atoms with Gasteiger partial charge in [0.05, 0.1) is 5.02 Å². The van der Waals surface area contributed by atoms with Crippen LogP contribution in [0.3, 0.4) is 0 Å². The molecule has 0 heterocycles. The topological polar surface area (TPSA) is 52.5 Å². The van der Waals surface area contributed by atoms with Crippen molar-refractivity contribution >= 4 is 11.6 Å². The quantitative estimate of drug-likeness (QED) is 0.807. The van der Waals surface area contributed by atoms with Crippen LogP contribution in [0.4, 0.5) is 4.39 Å². The van der Waals surface area contributed by atoms with E-state index in [1.165, 1.54) is 18.2 Å². The SMILES string of the molecule is Oc1ccc(CNCc2ccc(F)c(Cl)c2)c(O)c1. The minimum absolute atomic E-state index is 0.0200. The summed E-state index contributed by atoms with van der Waals surface area (Å²) >= 11 is 5.68. The molecule has 0 amide bonds. The molecule has 19 heavy (non-hydrogen) atoms. The molecule has 0 aromatic heterocycles. The maximum atomic E-state index is 13.0. The van der Waals surface area contributed by atoms with Gasteiger partial charge in [0.1, 0.15) is 17.3 Å². The second kappa shape index (κ2) is 5.91. The molecule has 2 aromatic carbocycles. The van der Waals surface area contributed by atoms with Crippen molar-refractivity contribution in [2.24, 2.45) is 0 Å². The fourth-order valence-electron chi connectivity index (χ4n) is 1.69. The fraction of sp³-hybridized carbons (Fsp3) is 0.143.